The zero-order valence-electron chi connectivity index (χ0n) is 25.4. The van der Waals surface area contributed by atoms with E-state index < -0.39 is 57.1 Å². The molecule has 45 heavy (non-hydrogen) atoms. The zero-order valence-corrected chi connectivity index (χ0v) is 27.8. The normalized spacial score (nSPS) is 35.2. The maximum absolute atomic E-state index is 17.5. The second-order valence-electron chi connectivity index (χ2n) is 12.9. The van der Waals surface area contributed by atoms with E-state index in [1.165, 1.54) is 12.2 Å². The number of benzene rings is 2. The molecule has 0 heterocycles. The molecule has 0 unspecified atom stereocenters. The van der Waals surface area contributed by atoms with E-state index in [1.54, 1.807) is 55.6 Å². The van der Waals surface area contributed by atoms with E-state index in [-0.39, 0.29) is 24.2 Å². The largest absolute Gasteiger partial charge is 0.446 e. The number of allylic oxidation sites excluding steroid dienone is 4. The third kappa shape index (κ3) is 5.06. The van der Waals surface area contributed by atoms with Crippen molar-refractivity contribution in [2.45, 2.75) is 78.0 Å². The van der Waals surface area contributed by atoms with Gasteiger partial charge in [-0.15, -0.1) is 11.8 Å². The summed E-state index contributed by atoms with van der Waals surface area (Å²) in [7, 11) is 0. The summed E-state index contributed by atoms with van der Waals surface area (Å²) in [6.45, 7) is 3.52. The van der Waals surface area contributed by atoms with Crippen LogP contribution in [-0.4, -0.2) is 51.6 Å². The van der Waals surface area contributed by atoms with E-state index in [1.807, 2.05) is 36.6 Å². The van der Waals surface area contributed by atoms with Gasteiger partial charge in [-0.1, -0.05) is 36.4 Å². The first-order valence-electron chi connectivity index (χ1n) is 15.1. The summed E-state index contributed by atoms with van der Waals surface area (Å²) in [4.78, 5) is 42.8. The van der Waals surface area contributed by atoms with Crippen LogP contribution in [0.3, 0.4) is 0 Å². The molecule has 0 bridgehead atoms. The number of alkyl halides is 2. The average molecular weight is 671 g/mol. The maximum Gasteiger partial charge on any atom is 0.339 e. The molecule has 0 saturated heterocycles. The topological polar surface area (TPSA) is 80.7 Å². The Hall–Kier alpha value is -2.40. The van der Waals surface area contributed by atoms with E-state index >= 15 is 4.39 Å². The van der Waals surface area contributed by atoms with Gasteiger partial charge in [0.25, 0.3) is 0 Å². The number of ketones is 1. The van der Waals surface area contributed by atoms with Gasteiger partial charge in [0.1, 0.15) is 6.01 Å². The molecule has 3 saturated carbocycles. The molecule has 7 atom stereocenters. The van der Waals surface area contributed by atoms with Gasteiger partial charge in [-0.3, -0.25) is 9.59 Å². The minimum atomic E-state index is -2.09. The first kappa shape index (κ1) is 32.5. The Bertz CT molecular complexity index is 1590. The highest BCUT2D eigenvalue weighted by molar-refractivity contribution is 8.13. The van der Waals surface area contributed by atoms with Crippen molar-refractivity contribution in [2.24, 2.45) is 22.7 Å². The third-order valence-corrected chi connectivity index (χ3v) is 13.3. The summed E-state index contributed by atoms with van der Waals surface area (Å²) in [6.07, 6.45) is 6.14. The van der Waals surface area contributed by atoms with Crippen LogP contribution in [0, 0.1) is 22.7 Å². The van der Waals surface area contributed by atoms with Gasteiger partial charge in [0.2, 0.25) is 5.12 Å². The van der Waals surface area contributed by atoms with Gasteiger partial charge < -0.3 is 9.84 Å². The van der Waals surface area contributed by atoms with Gasteiger partial charge in [-0.2, -0.15) is 0 Å². The third-order valence-electron chi connectivity index (χ3n) is 10.9. The van der Waals surface area contributed by atoms with Gasteiger partial charge in [0.15, 0.2) is 17.1 Å². The van der Waals surface area contributed by atoms with Crippen LogP contribution in [0.4, 0.5) is 8.78 Å². The molecular formula is C35H36F2O5S3. The fourth-order valence-electron chi connectivity index (χ4n) is 8.59. The highest BCUT2D eigenvalue weighted by Gasteiger charge is 2.75. The first-order valence-corrected chi connectivity index (χ1v) is 18.1. The lowest BCUT2D eigenvalue weighted by molar-refractivity contribution is -0.214. The SMILES string of the molecule is CSc1cccc(Sc2ccc(C(=O)O[C@]3(C(=O)SCF)CC[C@H]4[C@@H]5CCC6=CC(=O)C=C[C@]6(C)[C@@]5(F)[C@@H](O)C[C@@]43C)cc2)c1. The van der Waals surface area contributed by atoms with Gasteiger partial charge in [0.05, 0.1) is 11.7 Å². The molecule has 0 spiro atoms. The van der Waals surface area contributed by atoms with Crippen molar-refractivity contribution in [1.29, 1.82) is 0 Å². The van der Waals surface area contributed by atoms with Crippen LogP contribution in [-0.2, 0) is 14.3 Å². The van der Waals surface area contributed by atoms with Crippen molar-refractivity contribution < 1.29 is 33.0 Å². The van der Waals surface area contributed by atoms with Crippen LogP contribution in [0.5, 0.6) is 0 Å². The molecule has 238 valence electrons. The Kier molecular flexibility index (Phi) is 8.68. The minimum Gasteiger partial charge on any atom is -0.446 e. The summed E-state index contributed by atoms with van der Waals surface area (Å²) in [5, 5.41) is 11.1. The van der Waals surface area contributed by atoms with Crippen molar-refractivity contribution in [3.05, 3.63) is 77.9 Å². The molecular weight excluding hydrogens is 635 g/mol. The van der Waals surface area contributed by atoms with Crippen molar-refractivity contribution in [3.8, 4) is 0 Å². The van der Waals surface area contributed by atoms with E-state index in [4.69, 9.17) is 4.74 Å². The lowest BCUT2D eigenvalue weighted by Crippen LogP contribution is -2.69. The quantitative estimate of drug-likeness (QED) is 0.235. The number of halogens is 2. The zero-order chi connectivity index (χ0) is 32.2. The number of fused-ring (bicyclic) bond motifs is 5. The Labute approximate surface area is 275 Å². The van der Waals surface area contributed by atoms with Gasteiger partial charge in [-0.25, -0.2) is 13.6 Å². The number of carbonyl (C=O) groups is 3. The number of hydrogen-bond acceptors (Lipinski definition) is 8. The van der Waals surface area contributed by atoms with Gasteiger partial charge in [-0.05, 0) is 118 Å². The predicted octanol–water partition coefficient (Wildman–Crippen LogP) is 8.01. The molecule has 0 radical (unpaired) electrons. The summed E-state index contributed by atoms with van der Waals surface area (Å²) < 4.78 is 37.4. The number of aliphatic hydroxyl groups excluding tert-OH is 1. The average Bonchev–Trinajstić information content (AvgIpc) is 3.30. The smallest absolute Gasteiger partial charge is 0.339 e. The van der Waals surface area contributed by atoms with E-state index in [0.29, 0.717) is 36.6 Å². The Balaban J connectivity index is 1.29. The van der Waals surface area contributed by atoms with Crippen LogP contribution in [0.15, 0.2) is 87.0 Å². The Morgan fingerprint density at radius 2 is 1.78 bits per heavy atom. The fraction of sp³-hybridized carbons (Fsp3) is 0.457. The second kappa shape index (κ2) is 12.0. The molecule has 0 aliphatic heterocycles. The number of hydrogen-bond donors (Lipinski definition) is 1. The molecule has 0 aromatic heterocycles. The molecule has 4 aliphatic rings. The monoisotopic (exact) mass is 670 g/mol. The van der Waals surface area contributed by atoms with Crippen LogP contribution in [0.25, 0.3) is 0 Å². The van der Waals surface area contributed by atoms with Crippen molar-refractivity contribution in [1.82, 2.24) is 0 Å². The highest BCUT2D eigenvalue weighted by atomic mass is 32.2. The molecule has 6 rings (SSSR count). The van der Waals surface area contributed by atoms with Crippen LogP contribution in [0.1, 0.15) is 56.3 Å². The first-order chi connectivity index (χ1) is 21.4. The molecule has 10 heteroatoms. The number of carbonyl (C=O) groups excluding carboxylic acids is 3. The predicted molar refractivity (Wildman–Crippen MR) is 174 cm³/mol. The van der Waals surface area contributed by atoms with Crippen LogP contribution in [0.2, 0.25) is 0 Å². The van der Waals surface area contributed by atoms with E-state index in [0.717, 1.165) is 14.7 Å². The van der Waals surface area contributed by atoms with Crippen LogP contribution >= 0.6 is 35.3 Å². The number of ether oxygens (including phenoxy) is 1. The molecule has 4 aliphatic carbocycles. The summed E-state index contributed by atoms with van der Waals surface area (Å²) in [5.74, 6) is -1.98. The fourth-order valence-corrected chi connectivity index (χ4v) is 10.7. The van der Waals surface area contributed by atoms with Crippen molar-refractivity contribution in [3.63, 3.8) is 0 Å². The molecule has 2 aromatic carbocycles. The maximum atomic E-state index is 17.5. The molecule has 1 N–H and O–H groups in total. The summed E-state index contributed by atoms with van der Waals surface area (Å²) >= 11 is 3.67. The molecule has 5 nitrogen and oxygen atoms in total. The van der Waals surface area contributed by atoms with Crippen molar-refractivity contribution in [2.75, 3.05) is 12.3 Å². The Morgan fingerprint density at radius 1 is 1.04 bits per heavy atom. The highest BCUT2D eigenvalue weighted by Crippen LogP contribution is 2.70. The van der Waals surface area contributed by atoms with E-state index in [9.17, 15) is 23.9 Å². The van der Waals surface area contributed by atoms with Gasteiger partial charge >= 0.3 is 5.97 Å². The molecule has 0 amide bonds. The molecule has 3 fully saturated rings. The second-order valence-corrected chi connectivity index (χ2v) is 15.8. The van der Waals surface area contributed by atoms with Crippen LogP contribution < -0.4 is 0 Å². The lowest BCUT2D eigenvalue weighted by Gasteiger charge is -2.62. The number of esters is 1. The summed E-state index contributed by atoms with van der Waals surface area (Å²) in [6, 6.07) is 14.1. The number of thioether (sulfide) groups is 2. The standard InChI is InChI=1S/C35H36F2O5S3/c1-32-15-13-23(38)17-22(32)9-12-28-27-14-16-34(31(41)44-20-36,33(27,2)19-29(39)35(28,32)37)42-30(40)21-7-10-24(11-8-21)45-26-6-4-5-25(18-26)43-3/h4-8,10-11,13,15,17-18,27-29,39H,9,12,14,16,19-20H2,1-3H3/t27-,28-,29-,32-,33-,34-,35-/m0/s1. The Morgan fingerprint density at radius 3 is 2.49 bits per heavy atom. The lowest BCUT2D eigenvalue weighted by atomic mass is 9.45. The summed E-state index contributed by atoms with van der Waals surface area (Å²) in [5.41, 5.74) is -5.23. The number of aliphatic hydroxyl groups is 1. The molecule has 2 aromatic rings. The van der Waals surface area contributed by atoms with Gasteiger partial charge in [0, 0.05) is 31.4 Å². The van der Waals surface area contributed by atoms with Crippen molar-refractivity contribution >= 4 is 52.2 Å². The van der Waals surface area contributed by atoms with E-state index in [2.05, 4.69) is 6.07 Å². The number of rotatable bonds is 7. The minimum absolute atomic E-state index is 0.110.